The van der Waals surface area contributed by atoms with Gasteiger partial charge in [-0.1, -0.05) is 35.9 Å². The monoisotopic (exact) mass is 233 g/mol. The second-order valence-electron chi connectivity index (χ2n) is 3.37. The van der Waals surface area contributed by atoms with E-state index in [1.165, 1.54) is 0 Å². The average Bonchev–Trinajstić information content (AvgIpc) is 2.30. The molecule has 0 atom stereocenters. The molecule has 2 nitrogen and oxygen atoms in total. The summed E-state index contributed by atoms with van der Waals surface area (Å²) in [5.41, 5.74) is 6.60. The van der Waals surface area contributed by atoms with Crippen LogP contribution in [0, 0.1) is 0 Å². The van der Waals surface area contributed by atoms with Gasteiger partial charge in [0.25, 0.3) is 0 Å². The second-order valence-corrected chi connectivity index (χ2v) is 3.81. The first-order valence-electron chi connectivity index (χ1n) is 5.01. The fourth-order valence-corrected chi connectivity index (χ4v) is 1.61. The summed E-state index contributed by atoms with van der Waals surface area (Å²) in [4.78, 5) is 0. The number of hydrogen-bond donors (Lipinski definition) is 1. The number of para-hydroxylation sites is 1. The molecule has 0 radical (unpaired) electrons. The largest absolute Gasteiger partial charge is 0.457 e. The van der Waals surface area contributed by atoms with E-state index in [9.17, 15) is 0 Å². The maximum absolute atomic E-state index is 5.88. The van der Waals surface area contributed by atoms with Crippen LogP contribution in [0.3, 0.4) is 0 Å². The van der Waals surface area contributed by atoms with Crippen molar-refractivity contribution in [2.75, 3.05) is 0 Å². The molecule has 82 valence electrons. The molecule has 0 aliphatic heterocycles. The smallest absolute Gasteiger partial charge is 0.131 e. The van der Waals surface area contributed by atoms with E-state index in [0.29, 0.717) is 17.3 Å². The summed E-state index contributed by atoms with van der Waals surface area (Å²) in [5, 5.41) is 0.655. The van der Waals surface area contributed by atoms with Gasteiger partial charge in [-0.2, -0.15) is 0 Å². The molecule has 0 saturated heterocycles. The van der Waals surface area contributed by atoms with E-state index in [-0.39, 0.29) is 0 Å². The number of halogens is 1. The topological polar surface area (TPSA) is 35.2 Å². The molecule has 0 fully saturated rings. The predicted molar refractivity (Wildman–Crippen MR) is 65.9 cm³/mol. The summed E-state index contributed by atoms with van der Waals surface area (Å²) in [6.45, 7) is 0.455. The van der Waals surface area contributed by atoms with Crippen molar-refractivity contribution in [1.82, 2.24) is 0 Å². The third kappa shape index (κ3) is 2.54. The Bertz CT molecular complexity index is 485. The Labute approximate surface area is 99.6 Å². The van der Waals surface area contributed by atoms with Gasteiger partial charge in [0, 0.05) is 17.1 Å². The van der Waals surface area contributed by atoms with Gasteiger partial charge in [0.15, 0.2) is 0 Å². The minimum absolute atomic E-state index is 0.455. The molecule has 16 heavy (non-hydrogen) atoms. The lowest BCUT2D eigenvalue weighted by atomic mass is 10.2. The lowest BCUT2D eigenvalue weighted by Crippen LogP contribution is -1.98. The van der Waals surface area contributed by atoms with E-state index in [0.717, 1.165) is 11.3 Å². The fourth-order valence-electron chi connectivity index (χ4n) is 1.43. The maximum atomic E-state index is 5.88. The fraction of sp³-hybridized carbons (Fsp3) is 0.0769. The number of benzene rings is 2. The van der Waals surface area contributed by atoms with Crippen molar-refractivity contribution in [3.63, 3.8) is 0 Å². The average molecular weight is 234 g/mol. The molecule has 2 aromatic rings. The zero-order valence-electron chi connectivity index (χ0n) is 8.69. The molecular formula is C13H12ClNO. The summed E-state index contributed by atoms with van der Waals surface area (Å²) in [6, 6.07) is 15.0. The van der Waals surface area contributed by atoms with Crippen LogP contribution < -0.4 is 10.5 Å². The highest BCUT2D eigenvalue weighted by atomic mass is 35.5. The molecule has 0 aliphatic rings. The van der Waals surface area contributed by atoms with Crippen LogP contribution in [0.25, 0.3) is 0 Å². The molecule has 2 aromatic carbocycles. The van der Waals surface area contributed by atoms with Crippen LogP contribution in [0.4, 0.5) is 0 Å². The van der Waals surface area contributed by atoms with Gasteiger partial charge in [-0.05, 0) is 24.3 Å². The Kier molecular flexibility index (Phi) is 3.44. The maximum Gasteiger partial charge on any atom is 0.131 e. The number of nitrogens with two attached hydrogens (primary N) is 1. The lowest BCUT2D eigenvalue weighted by molar-refractivity contribution is 0.476. The van der Waals surface area contributed by atoms with Crippen molar-refractivity contribution < 1.29 is 4.74 Å². The quantitative estimate of drug-likeness (QED) is 0.879. The zero-order valence-corrected chi connectivity index (χ0v) is 9.45. The number of ether oxygens (including phenoxy) is 1. The summed E-state index contributed by atoms with van der Waals surface area (Å²) < 4.78 is 5.72. The van der Waals surface area contributed by atoms with Gasteiger partial charge in [0.2, 0.25) is 0 Å². The van der Waals surface area contributed by atoms with Crippen LogP contribution in [-0.4, -0.2) is 0 Å². The van der Waals surface area contributed by atoms with Crippen LogP contribution in [0.2, 0.25) is 5.02 Å². The zero-order chi connectivity index (χ0) is 11.4. The first kappa shape index (κ1) is 11.0. The summed E-state index contributed by atoms with van der Waals surface area (Å²) >= 11 is 5.88. The Morgan fingerprint density at radius 3 is 2.62 bits per heavy atom. The van der Waals surface area contributed by atoms with Crippen molar-refractivity contribution in [3.05, 3.63) is 59.1 Å². The first-order chi connectivity index (χ1) is 7.79. The molecule has 0 amide bonds. The highest BCUT2D eigenvalue weighted by Crippen LogP contribution is 2.26. The molecule has 2 rings (SSSR count). The van der Waals surface area contributed by atoms with Gasteiger partial charge in [-0.15, -0.1) is 0 Å². The van der Waals surface area contributed by atoms with Gasteiger partial charge in [-0.3, -0.25) is 0 Å². The lowest BCUT2D eigenvalue weighted by Gasteiger charge is -2.09. The van der Waals surface area contributed by atoms with E-state index < -0.39 is 0 Å². The predicted octanol–water partition coefficient (Wildman–Crippen LogP) is 3.59. The molecule has 0 aliphatic carbocycles. The third-order valence-corrected chi connectivity index (χ3v) is 2.45. The Morgan fingerprint density at radius 1 is 1.06 bits per heavy atom. The molecule has 0 heterocycles. The number of rotatable bonds is 3. The molecule has 3 heteroatoms. The van der Waals surface area contributed by atoms with E-state index >= 15 is 0 Å². The Balaban J connectivity index is 2.26. The van der Waals surface area contributed by atoms with Crippen LogP contribution >= 0.6 is 11.6 Å². The van der Waals surface area contributed by atoms with E-state index in [1.807, 2.05) is 42.5 Å². The van der Waals surface area contributed by atoms with Crippen LogP contribution in [-0.2, 0) is 6.54 Å². The minimum atomic E-state index is 0.455. The van der Waals surface area contributed by atoms with Crippen molar-refractivity contribution in [1.29, 1.82) is 0 Å². The Hall–Kier alpha value is -1.51. The number of hydrogen-bond acceptors (Lipinski definition) is 2. The van der Waals surface area contributed by atoms with Crippen LogP contribution in [0.15, 0.2) is 48.5 Å². The highest BCUT2D eigenvalue weighted by molar-refractivity contribution is 6.30. The third-order valence-electron chi connectivity index (χ3n) is 2.22. The van der Waals surface area contributed by atoms with E-state index in [2.05, 4.69) is 0 Å². The molecular weight excluding hydrogens is 222 g/mol. The Morgan fingerprint density at radius 2 is 1.88 bits per heavy atom. The van der Waals surface area contributed by atoms with Gasteiger partial charge in [0.05, 0.1) is 0 Å². The van der Waals surface area contributed by atoms with Gasteiger partial charge in [-0.25, -0.2) is 0 Å². The molecule has 0 aromatic heterocycles. The molecule has 0 unspecified atom stereocenters. The highest BCUT2D eigenvalue weighted by Gasteiger charge is 2.02. The van der Waals surface area contributed by atoms with Crippen molar-refractivity contribution >= 4 is 11.6 Å². The standard InChI is InChI=1S/C13H12ClNO/c14-11-5-3-6-12(8-11)16-13-7-2-1-4-10(13)9-15/h1-8H,9,15H2. The molecule has 2 N–H and O–H groups in total. The molecule has 0 saturated carbocycles. The van der Waals surface area contributed by atoms with Gasteiger partial charge < -0.3 is 10.5 Å². The van der Waals surface area contributed by atoms with Gasteiger partial charge >= 0.3 is 0 Å². The minimum Gasteiger partial charge on any atom is -0.457 e. The summed E-state index contributed by atoms with van der Waals surface area (Å²) in [5.74, 6) is 1.49. The normalized spacial score (nSPS) is 10.1. The van der Waals surface area contributed by atoms with Crippen LogP contribution in [0.5, 0.6) is 11.5 Å². The van der Waals surface area contributed by atoms with Crippen molar-refractivity contribution in [2.24, 2.45) is 5.73 Å². The summed E-state index contributed by atoms with van der Waals surface area (Å²) in [6.07, 6.45) is 0. The van der Waals surface area contributed by atoms with Crippen LogP contribution in [0.1, 0.15) is 5.56 Å². The van der Waals surface area contributed by atoms with E-state index in [4.69, 9.17) is 22.1 Å². The van der Waals surface area contributed by atoms with E-state index in [1.54, 1.807) is 6.07 Å². The van der Waals surface area contributed by atoms with Crippen molar-refractivity contribution in [3.8, 4) is 11.5 Å². The summed E-state index contributed by atoms with van der Waals surface area (Å²) in [7, 11) is 0. The molecule has 0 spiro atoms. The first-order valence-corrected chi connectivity index (χ1v) is 5.39. The SMILES string of the molecule is NCc1ccccc1Oc1cccc(Cl)c1. The molecule has 0 bridgehead atoms. The second kappa shape index (κ2) is 5.01. The van der Waals surface area contributed by atoms with Gasteiger partial charge in [0.1, 0.15) is 11.5 Å². The van der Waals surface area contributed by atoms with Crippen molar-refractivity contribution in [2.45, 2.75) is 6.54 Å².